The van der Waals surface area contributed by atoms with Crippen LogP contribution in [0.3, 0.4) is 0 Å². The predicted octanol–water partition coefficient (Wildman–Crippen LogP) is 2.97. The molecule has 0 atom stereocenters. The SMILES string of the molecule is CCNC(=NCc1c(CC)noc1CC)NCCc1nc2ccccc2[nH]1. The van der Waals surface area contributed by atoms with Crippen molar-refractivity contribution >= 4 is 17.0 Å². The van der Waals surface area contributed by atoms with E-state index in [4.69, 9.17) is 9.52 Å². The molecular formula is C20H28N6O. The molecule has 0 aliphatic carbocycles. The fraction of sp³-hybridized carbons (Fsp3) is 0.450. The molecule has 0 aliphatic rings. The van der Waals surface area contributed by atoms with Crippen molar-refractivity contribution in [1.82, 2.24) is 25.8 Å². The van der Waals surface area contributed by atoms with Crippen LogP contribution < -0.4 is 10.6 Å². The molecule has 0 radical (unpaired) electrons. The van der Waals surface area contributed by atoms with Gasteiger partial charge in [0, 0.05) is 31.5 Å². The maximum Gasteiger partial charge on any atom is 0.191 e. The molecule has 7 heteroatoms. The van der Waals surface area contributed by atoms with Gasteiger partial charge in [-0.1, -0.05) is 31.1 Å². The molecule has 0 spiro atoms. The Kier molecular flexibility index (Phi) is 6.46. The van der Waals surface area contributed by atoms with Crippen molar-refractivity contribution in [2.45, 2.75) is 46.6 Å². The molecular weight excluding hydrogens is 340 g/mol. The summed E-state index contributed by atoms with van der Waals surface area (Å²) in [7, 11) is 0. The number of rotatable bonds is 8. The average Bonchev–Trinajstić information content (AvgIpc) is 3.28. The van der Waals surface area contributed by atoms with E-state index in [0.29, 0.717) is 6.54 Å². The molecule has 3 rings (SSSR count). The summed E-state index contributed by atoms with van der Waals surface area (Å²) in [6.45, 7) is 8.34. The Balaban J connectivity index is 1.61. The van der Waals surface area contributed by atoms with Crippen molar-refractivity contribution in [3.8, 4) is 0 Å². The van der Waals surface area contributed by atoms with Gasteiger partial charge >= 0.3 is 0 Å². The number of guanidine groups is 1. The second-order valence-corrected chi connectivity index (χ2v) is 6.31. The van der Waals surface area contributed by atoms with Crippen LogP contribution in [0.4, 0.5) is 0 Å². The minimum atomic E-state index is 0.565. The Hall–Kier alpha value is -2.83. The summed E-state index contributed by atoms with van der Waals surface area (Å²) in [6, 6.07) is 8.07. The Bertz CT molecular complexity index is 840. The highest BCUT2D eigenvalue weighted by Gasteiger charge is 2.13. The van der Waals surface area contributed by atoms with Crippen molar-refractivity contribution in [3.05, 3.63) is 47.1 Å². The maximum absolute atomic E-state index is 5.42. The second-order valence-electron chi connectivity index (χ2n) is 6.31. The molecule has 3 N–H and O–H groups in total. The zero-order valence-corrected chi connectivity index (χ0v) is 16.3. The van der Waals surface area contributed by atoms with Crippen LogP contribution in [0.5, 0.6) is 0 Å². The number of para-hydroxylation sites is 2. The van der Waals surface area contributed by atoms with Crippen LogP contribution in [0.15, 0.2) is 33.8 Å². The number of benzene rings is 1. The van der Waals surface area contributed by atoms with Crippen molar-refractivity contribution in [1.29, 1.82) is 0 Å². The summed E-state index contributed by atoms with van der Waals surface area (Å²) >= 11 is 0. The fourth-order valence-corrected chi connectivity index (χ4v) is 3.04. The van der Waals surface area contributed by atoms with Gasteiger partial charge in [0.25, 0.3) is 0 Å². The van der Waals surface area contributed by atoms with Crippen molar-refractivity contribution in [2.24, 2.45) is 4.99 Å². The van der Waals surface area contributed by atoms with Gasteiger partial charge in [0.15, 0.2) is 5.96 Å². The summed E-state index contributed by atoms with van der Waals surface area (Å²) in [4.78, 5) is 12.7. The predicted molar refractivity (Wildman–Crippen MR) is 108 cm³/mol. The van der Waals surface area contributed by atoms with Gasteiger partial charge in [-0.05, 0) is 25.5 Å². The highest BCUT2D eigenvalue weighted by atomic mass is 16.5. The first kappa shape index (κ1) is 18.9. The smallest absolute Gasteiger partial charge is 0.191 e. The highest BCUT2D eigenvalue weighted by molar-refractivity contribution is 5.79. The molecule has 0 unspecified atom stereocenters. The Morgan fingerprint density at radius 1 is 1.15 bits per heavy atom. The molecule has 0 saturated heterocycles. The minimum absolute atomic E-state index is 0.565. The van der Waals surface area contributed by atoms with Gasteiger partial charge in [-0.2, -0.15) is 0 Å². The van der Waals surface area contributed by atoms with Crippen molar-refractivity contribution < 1.29 is 4.52 Å². The van der Waals surface area contributed by atoms with Crippen LogP contribution in [0, 0.1) is 0 Å². The van der Waals surface area contributed by atoms with Crippen LogP contribution in [0.1, 0.15) is 43.6 Å². The number of H-pyrrole nitrogens is 1. The van der Waals surface area contributed by atoms with E-state index in [2.05, 4.69) is 46.5 Å². The Morgan fingerprint density at radius 3 is 2.74 bits per heavy atom. The molecule has 7 nitrogen and oxygen atoms in total. The van der Waals surface area contributed by atoms with Crippen LogP contribution >= 0.6 is 0 Å². The molecule has 1 aromatic carbocycles. The van der Waals surface area contributed by atoms with Crippen LogP contribution in [0.2, 0.25) is 0 Å². The first-order chi connectivity index (χ1) is 13.2. The molecule has 0 fully saturated rings. The number of hydrogen-bond acceptors (Lipinski definition) is 4. The van der Waals surface area contributed by atoms with Gasteiger partial charge in [0.1, 0.15) is 11.6 Å². The molecule has 2 heterocycles. The van der Waals surface area contributed by atoms with Crippen LogP contribution in [0.25, 0.3) is 11.0 Å². The lowest BCUT2D eigenvalue weighted by Crippen LogP contribution is -2.38. The summed E-state index contributed by atoms with van der Waals surface area (Å²) in [5.74, 6) is 2.69. The number of fused-ring (bicyclic) bond motifs is 1. The number of aromatic nitrogens is 3. The molecule has 144 valence electrons. The third-order valence-corrected chi connectivity index (χ3v) is 4.44. The third-order valence-electron chi connectivity index (χ3n) is 4.44. The molecule has 3 aromatic rings. The fourth-order valence-electron chi connectivity index (χ4n) is 3.04. The van der Waals surface area contributed by atoms with Gasteiger partial charge in [0.05, 0.1) is 23.3 Å². The normalized spacial score (nSPS) is 11.9. The number of hydrogen-bond donors (Lipinski definition) is 3. The van der Waals surface area contributed by atoms with E-state index in [1.807, 2.05) is 24.3 Å². The molecule has 0 saturated carbocycles. The van der Waals surface area contributed by atoms with Crippen LogP contribution in [-0.2, 0) is 25.8 Å². The minimum Gasteiger partial charge on any atom is -0.361 e. The largest absolute Gasteiger partial charge is 0.361 e. The quantitative estimate of drug-likeness (QED) is 0.420. The lowest BCUT2D eigenvalue weighted by molar-refractivity contribution is 0.380. The van der Waals surface area contributed by atoms with Gasteiger partial charge in [-0.15, -0.1) is 0 Å². The molecule has 0 aliphatic heterocycles. The van der Waals surface area contributed by atoms with Gasteiger partial charge < -0.3 is 20.1 Å². The second kappa shape index (κ2) is 9.21. The number of aryl methyl sites for hydroxylation is 2. The lowest BCUT2D eigenvalue weighted by Gasteiger charge is -2.10. The standard InChI is InChI=1S/C20H28N6O/c1-4-15-14(18(5-2)27-26-15)13-23-20(21-6-3)22-12-11-19-24-16-9-7-8-10-17(16)25-19/h7-10H,4-6,11-13H2,1-3H3,(H,24,25)(H2,21,22,23). The first-order valence-corrected chi connectivity index (χ1v) is 9.67. The van der Waals surface area contributed by atoms with E-state index in [1.54, 1.807) is 0 Å². The Labute approximate surface area is 159 Å². The zero-order chi connectivity index (χ0) is 19.1. The average molecular weight is 368 g/mol. The van der Waals surface area contributed by atoms with Gasteiger partial charge in [-0.25, -0.2) is 9.98 Å². The van der Waals surface area contributed by atoms with E-state index >= 15 is 0 Å². The maximum atomic E-state index is 5.42. The monoisotopic (exact) mass is 368 g/mol. The highest BCUT2D eigenvalue weighted by Crippen LogP contribution is 2.16. The molecule has 2 aromatic heterocycles. The van der Waals surface area contributed by atoms with E-state index in [1.165, 1.54) is 0 Å². The van der Waals surface area contributed by atoms with E-state index in [0.717, 1.165) is 72.2 Å². The number of aliphatic imine (C=N–C) groups is 1. The Morgan fingerprint density at radius 2 is 2.00 bits per heavy atom. The summed E-state index contributed by atoms with van der Waals surface area (Å²) in [6.07, 6.45) is 2.48. The molecule has 27 heavy (non-hydrogen) atoms. The lowest BCUT2D eigenvalue weighted by atomic mass is 10.1. The van der Waals surface area contributed by atoms with Gasteiger partial charge in [0.2, 0.25) is 0 Å². The summed E-state index contributed by atoms with van der Waals surface area (Å²) in [5.41, 5.74) is 4.17. The van der Waals surface area contributed by atoms with E-state index in [-0.39, 0.29) is 0 Å². The molecule has 0 amide bonds. The van der Waals surface area contributed by atoms with Crippen molar-refractivity contribution in [3.63, 3.8) is 0 Å². The summed E-state index contributed by atoms with van der Waals surface area (Å²) in [5, 5.41) is 10.8. The third kappa shape index (κ3) is 4.67. The van der Waals surface area contributed by atoms with Crippen molar-refractivity contribution in [2.75, 3.05) is 13.1 Å². The number of aromatic amines is 1. The van der Waals surface area contributed by atoms with Crippen LogP contribution in [-0.4, -0.2) is 34.2 Å². The van der Waals surface area contributed by atoms with E-state index in [9.17, 15) is 0 Å². The number of nitrogens with one attached hydrogen (secondary N) is 3. The zero-order valence-electron chi connectivity index (χ0n) is 16.3. The molecule has 0 bridgehead atoms. The number of nitrogens with zero attached hydrogens (tertiary/aromatic N) is 3. The number of imidazole rings is 1. The summed E-state index contributed by atoms with van der Waals surface area (Å²) < 4.78 is 5.42. The topological polar surface area (TPSA) is 91.1 Å². The van der Waals surface area contributed by atoms with E-state index < -0.39 is 0 Å². The van der Waals surface area contributed by atoms with Gasteiger partial charge in [-0.3, -0.25) is 0 Å². The first-order valence-electron chi connectivity index (χ1n) is 9.67.